The van der Waals surface area contributed by atoms with Crippen LogP contribution in [0, 0.1) is 0 Å². The number of ketones is 1. The zero-order chi connectivity index (χ0) is 20.1. The summed E-state index contributed by atoms with van der Waals surface area (Å²) in [6.07, 6.45) is 1.17. The molecule has 2 N–H and O–H groups in total. The van der Waals surface area contributed by atoms with Crippen LogP contribution in [0.3, 0.4) is 0 Å². The highest BCUT2D eigenvalue weighted by Gasteiger charge is 2.47. The third kappa shape index (κ3) is 4.25. The third-order valence-corrected chi connectivity index (χ3v) is 5.86. The summed E-state index contributed by atoms with van der Waals surface area (Å²) in [6.45, 7) is 2.15. The topological polar surface area (TPSA) is 102 Å². The maximum Gasteiger partial charge on any atom is 0.188 e. The minimum Gasteiger partial charge on any atom is -0.376 e. The fraction of sp³-hybridized carbons (Fsp3) is 0.500. The Morgan fingerprint density at radius 3 is 2.72 bits per heavy atom. The van der Waals surface area contributed by atoms with Gasteiger partial charge >= 0.3 is 0 Å². The van der Waals surface area contributed by atoms with E-state index in [-0.39, 0.29) is 18.5 Å². The number of rotatable bonds is 6. The number of carbonyl (C=O) groups is 1. The largest absolute Gasteiger partial charge is 0.376 e. The number of ether oxygens (including phenoxy) is 2. The van der Waals surface area contributed by atoms with Crippen molar-refractivity contribution in [2.24, 2.45) is 0 Å². The fourth-order valence-corrected chi connectivity index (χ4v) is 4.32. The first kappa shape index (κ1) is 20.2. The van der Waals surface area contributed by atoms with Crippen LogP contribution in [0.2, 0.25) is 0 Å². The molecule has 2 fully saturated rings. The summed E-state index contributed by atoms with van der Waals surface area (Å²) >= 11 is 6.15. The molecule has 9 heteroatoms. The number of hydrogen-bond acceptors (Lipinski definition) is 7. The van der Waals surface area contributed by atoms with Crippen molar-refractivity contribution in [3.05, 3.63) is 52.8 Å². The second-order valence-corrected chi connectivity index (χ2v) is 7.65. The smallest absolute Gasteiger partial charge is 0.188 e. The van der Waals surface area contributed by atoms with Crippen LogP contribution in [-0.4, -0.2) is 64.9 Å². The first-order chi connectivity index (χ1) is 14.2. The van der Waals surface area contributed by atoms with Gasteiger partial charge in [0.2, 0.25) is 0 Å². The molecule has 3 heterocycles. The quantitative estimate of drug-likeness (QED) is 0.687. The molecule has 2 saturated heterocycles. The summed E-state index contributed by atoms with van der Waals surface area (Å²) in [5, 5.41) is 17.7. The van der Waals surface area contributed by atoms with Crippen LogP contribution >= 0.6 is 11.6 Å². The van der Waals surface area contributed by atoms with Gasteiger partial charge in [-0.15, -0.1) is 10.2 Å². The molecule has 2 aliphatic rings. The van der Waals surface area contributed by atoms with E-state index in [2.05, 4.69) is 38.1 Å². The number of benzene rings is 1. The Balaban J connectivity index is 1.53. The van der Waals surface area contributed by atoms with Crippen molar-refractivity contribution in [3.8, 4) is 0 Å². The van der Waals surface area contributed by atoms with E-state index < -0.39 is 11.5 Å². The zero-order valence-electron chi connectivity index (χ0n) is 16.0. The molecule has 2 aromatic rings. The molecule has 2 aliphatic heterocycles. The molecule has 1 aromatic carbocycles. The normalized spacial score (nSPS) is 24.9. The van der Waals surface area contributed by atoms with Gasteiger partial charge in [-0.3, -0.25) is 4.79 Å². The van der Waals surface area contributed by atoms with E-state index in [1.54, 1.807) is 0 Å². The monoisotopic (exact) mass is 417 g/mol. The molecule has 2 atom stereocenters. The lowest BCUT2D eigenvalue weighted by atomic mass is 9.71. The molecule has 0 saturated carbocycles. The number of halogens is 1. The predicted molar refractivity (Wildman–Crippen MR) is 107 cm³/mol. The van der Waals surface area contributed by atoms with E-state index in [1.807, 2.05) is 18.2 Å². The first-order valence-corrected chi connectivity index (χ1v) is 10.2. The van der Waals surface area contributed by atoms with Crippen molar-refractivity contribution in [1.82, 2.24) is 25.9 Å². The van der Waals surface area contributed by atoms with Crippen molar-refractivity contribution < 1.29 is 14.3 Å². The van der Waals surface area contributed by atoms with Gasteiger partial charge in [-0.2, -0.15) is 5.21 Å². The number of nitrogens with zero attached hydrogens (tertiary/aromatic N) is 3. The van der Waals surface area contributed by atoms with Crippen LogP contribution in [0.1, 0.15) is 24.2 Å². The lowest BCUT2D eigenvalue weighted by Crippen LogP contribution is -2.50. The summed E-state index contributed by atoms with van der Waals surface area (Å²) in [6, 6.07) is 10.1. The van der Waals surface area contributed by atoms with Crippen LogP contribution < -0.4 is 5.32 Å². The van der Waals surface area contributed by atoms with Crippen LogP contribution in [0.5, 0.6) is 0 Å². The van der Waals surface area contributed by atoms with E-state index >= 15 is 0 Å². The van der Waals surface area contributed by atoms with Gasteiger partial charge in [0.15, 0.2) is 11.6 Å². The van der Waals surface area contributed by atoms with Gasteiger partial charge in [0, 0.05) is 17.5 Å². The highest BCUT2D eigenvalue weighted by molar-refractivity contribution is 6.28. The van der Waals surface area contributed by atoms with E-state index in [0.717, 1.165) is 5.56 Å². The lowest BCUT2D eigenvalue weighted by Gasteiger charge is -2.37. The van der Waals surface area contributed by atoms with Crippen molar-refractivity contribution in [3.63, 3.8) is 0 Å². The number of hydrogen-bond donors (Lipinski definition) is 2. The maximum absolute atomic E-state index is 13.7. The van der Waals surface area contributed by atoms with Gasteiger partial charge in [0.25, 0.3) is 0 Å². The molecule has 154 valence electrons. The van der Waals surface area contributed by atoms with Gasteiger partial charge in [-0.25, -0.2) is 0 Å². The molecule has 0 radical (unpaired) electrons. The third-order valence-electron chi connectivity index (χ3n) is 5.63. The molecule has 8 nitrogen and oxygen atoms in total. The Kier molecular flexibility index (Phi) is 6.34. The minimum absolute atomic E-state index is 0.121. The Bertz CT molecular complexity index is 837. The molecule has 0 bridgehead atoms. The maximum atomic E-state index is 13.7. The summed E-state index contributed by atoms with van der Waals surface area (Å²) in [5.74, 6) is 0.280. The average molecular weight is 418 g/mol. The van der Waals surface area contributed by atoms with Gasteiger partial charge in [-0.05, 0) is 31.5 Å². The van der Waals surface area contributed by atoms with Gasteiger partial charge in [-0.1, -0.05) is 47.1 Å². The number of H-pyrrole nitrogens is 1. The number of tetrazole rings is 1. The van der Waals surface area contributed by atoms with E-state index in [0.29, 0.717) is 50.4 Å². The number of carbonyl (C=O) groups excluding carboxylic acids is 1. The summed E-state index contributed by atoms with van der Waals surface area (Å²) in [4.78, 5) is 13.7. The number of piperidine rings is 1. The van der Waals surface area contributed by atoms with E-state index in [9.17, 15) is 4.79 Å². The second kappa shape index (κ2) is 9.13. The Hall–Kier alpha value is -2.13. The van der Waals surface area contributed by atoms with Gasteiger partial charge in [0.1, 0.15) is 6.10 Å². The molecule has 1 aromatic heterocycles. The van der Waals surface area contributed by atoms with Crippen LogP contribution in [0.15, 0.2) is 41.4 Å². The number of aromatic nitrogens is 4. The van der Waals surface area contributed by atoms with Crippen molar-refractivity contribution in [2.45, 2.75) is 36.9 Å². The Labute approximate surface area is 174 Å². The zero-order valence-corrected chi connectivity index (χ0v) is 16.8. The summed E-state index contributed by atoms with van der Waals surface area (Å²) < 4.78 is 12.0. The molecular formula is C20H24ClN5O3. The SMILES string of the molecule is O=C(/C(=C/Cl)C1COCC(Cc2ccccc2)O1)C1(c2nn[nH]n2)CCNCC1. The first-order valence-electron chi connectivity index (χ1n) is 9.80. The Morgan fingerprint density at radius 1 is 1.24 bits per heavy atom. The lowest BCUT2D eigenvalue weighted by molar-refractivity contribution is -0.137. The van der Waals surface area contributed by atoms with Crippen molar-refractivity contribution in [2.75, 3.05) is 26.3 Å². The van der Waals surface area contributed by atoms with E-state index in [1.165, 1.54) is 5.54 Å². The van der Waals surface area contributed by atoms with Crippen molar-refractivity contribution in [1.29, 1.82) is 0 Å². The average Bonchev–Trinajstić information content (AvgIpc) is 3.31. The molecule has 0 spiro atoms. The highest BCUT2D eigenvalue weighted by atomic mass is 35.5. The number of nitrogens with one attached hydrogen (secondary N) is 2. The Morgan fingerprint density at radius 2 is 2.03 bits per heavy atom. The van der Waals surface area contributed by atoms with Crippen LogP contribution in [0.25, 0.3) is 0 Å². The number of Topliss-reactive ketones (excluding diaryl/α,β-unsaturated/α-hetero) is 1. The van der Waals surface area contributed by atoms with Crippen molar-refractivity contribution >= 4 is 17.4 Å². The summed E-state index contributed by atoms with van der Waals surface area (Å²) in [7, 11) is 0. The minimum atomic E-state index is -0.866. The van der Waals surface area contributed by atoms with Crippen LogP contribution in [0.4, 0.5) is 0 Å². The molecular weight excluding hydrogens is 394 g/mol. The predicted octanol–water partition coefficient (Wildman–Crippen LogP) is 1.54. The molecule has 29 heavy (non-hydrogen) atoms. The standard InChI is InChI=1S/C20H24ClN5O3/c21-11-16(17-13-28-12-15(29-17)10-14-4-2-1-3-5-14)18(27)20(6-8-22-9-7-20)19-23-25-26-24-19/h1-5,11,15,17,22H,6-10,12-13H2,(H,23,24,25,26)/b16-11+. The highest BCUT2D eigenvalue weighted by Crippen LogP contribution is 2.36. The van der Waals surface area contributed by atoms with Gasteiger partial charge < -0.3 is 14.8 Å². The molecule has 4 rings (SSSR count). The molecule has 0 amide bonds. The fourth-order valence-electron chi connectivity index (χ4n) is 4.08. The summed E-state index contributed by atoms with van der Waals surface area (Å²) in [5.41, 5.74) is 2.02. The molecule has 0 aliphatic carbocycles. The van der Waals surface area contributed by atoms with Gasteiger partial charge in [0.05, 0.1) is 24.7 Å². The number of aromatic amines is 1. The molecule has 2 unspecified atom stereocenters. The second-order valence-electron chi connectivity index (χ2n) is 7.44. The van der Waals surface area contributed by atoms with Crippen LogP contribution in [-0.2, 0) is 26.1 Å². The van der Waals surface area contributed by atoms with E-state index in [4.69, 9.17) is 21.1 Å².